The number of aromatic nitrogens is 1. The van der Waals surface area contributed by atoms with Crippen LogP contribution in [0.4, 0.5) is 4.39 Å². The SMILES string of the molecule is C=CCCC(CF)CC(=O)C1=C\CC\C=C(c2c(C#CCCC)c3ccc(O)cc3n2C2CCC2)/N=C/1. The third-order valence-corrected chi connectivity index (χ3v) is 7.26. The smallest absolute Gasteiger partial charge is 0.164 e. The number of ketones is 1. The van der Waals surface area contributed by atoms with Gasteiger partial charge in [0.15, 0.2) is 5.78 Å². The highest BCUT2D eigenvalue weighted by Crippen LogP contribution is 2.42. The summed E-state index contributed by atoms with van der Waals surface area (Å²) in [6.07, 6.45) is 15.5. The van der Waals surface area contributed by atoms with Crippen LogP contribution in [0.5, 0.6) is 5.75 Å². The van der Waals surface area contributed by atoms with Crippen molar-refractivity contribution in [3.63, 3.8) is 0 Å². The maximum absolute atomic E-state index is 13.5. The highest BCUT2D eigenvalue weighted by Gasteiger charge is 2.28. The molecule has 37 heavy (non-hydrogen) atoms. The minimum atomic E-state index is -0.511. The number of hydrogen-bond acceptors (Lipinski definition) is 3. The zero-order chi connectivity index (χ0) is 26.2. The number of rotatable bonds is 10. The number of Topliss-reactive ketones (excluding diaryl/α,β-unsaturated/α-hetero) is 1. The minimum absolute atomic E-state index is 0.0656. The van der Waals surface area contributed by atoms with Crippen molar-refractivity contribution >= 4 is 28.6 Å². The molecule has 0 bridgehead atoms. The van der Waals surface area contributed by atoms with E-state index < -0.39 is 6.67 Å². The molecule has 1 N–H and O–H groups in total. The number of hydrogen-bond donors (Lipinski definition) is 1. The van der Waals surface area contributed by atoms with E-state index in [1.807, 2.05) is 18.2 Å². The van der Waals surface area contributed by atoms with Crippen molar-refractivity contribution in [1.29, 1.82) is 0 Å². The molecule has 2 aliphatic rings. The van der Waals surface area contributed by atoms with Crippen LogP contribution in [-0.2, 0) is 4.79 Å². The van der Waals surface area contributed by atoms with Gasteiger partial charge in [-0.25, -0.2) is 0 Å². The Kier molecular flexibility index (Phi) is 9.17. The van der Waals surface area contributed by atoms with Crippen LogP contribution >= 0.6 is 0 Å². The first-order valence-electron chi connectivity index (χ1n) is 13.6. The van der Waals surface area contributed by atoms with Crippen LogP contribution in [-0.4, -0.2) is 28.3 Å². The number of allylic oxidation sites excluding steroid dienone is 4. The standard InChI is InChI=1S/C32H37FN2O2/c1-3-5-7-15-28-27-18-17-26(36)20-30(27)35(25-13-10-14-25)32(28)29-16-9-8-12-24(22-34-29)31(37)19-23(21-33)11-6-4-2/h4,12,16-18,20,22-23,25,36H,2-3,5-6,8-11,13-14,19,21H2,1H3/b24-12+,29-16-,34-22+. The van der Waals surface area contributed by atoms with Gasteiger partial charge in [0.05, 0.1) is 29.1 Å². The van der Waals surface area contributed by atoms with Crippen molar-refractivity contribution < 1.29 is 14.3 Å². The predicted molar refractivity (Wildman–Crippen MR) is 151 cm³/mol. The fourth-order valence-corrected chi connectivity index (χ4v) is 4.99. The third-order valence-electron chi connectivity index (χ3n) is 7.26. The van der Waals surface area contributed by atoms with E-state index in [0.29, 0.717) is 30.9 Å². The molecule has 2 aromatic rings. The molecule has 0 saturated heterocycles. The Morgan fingerprint density at radius 3 is 2.84 bits per heavy atom. The number of carbonyl (C=O) groups excluding carboxylic acids is 1. The average molecular weight is 501 g/mol. The number of phenols is 1. The summed E-state index contributed by atoms with van der Waals surface area (Å²) < 4.78 is 15.8. The molecule has 0 amide bonds. The van der Waals surface area contributed by atoms with Crippen molar-refractivity contribution in [1.82, 2.24) is 4.57 Å². The van der Waals surface area contributed by atoms with Gasteiger partial charge in [-0.3, -0.25) is 14.2 Å². The number of nitrogens with zero attached hydrogens (tertiary/aromatic N) is 2. The summed E-state index contributed by atoms with van der Waals surface area (Å²) in [5.74, 6) is 6.60. The Balaban J connectivity index is 1.75. The van der Waals surface area contributed by atoms with Gasteiger partial charge < -0.3 is 9.67 Å². The lowest BCUT2D eigenvalue weighted by Gasteiger charge is -2.30. The van der Waals surface area contributed by atoms with Crippen LogP contribution < -0.4 is 0 Å². The van der Waals surface area contributed by atoms with E-state index in [4.69, 9.17) is 4.99 Å². The number of alkyl halides is 1. The van der Waals surface area contributed by atoms with Gasteiger partial charge in [0, 0.05) is 42.1 Å². The number of fused-ring (bicyclic) bond motifs is 1. The van der Waals surface area contributed by atoms with Crippen molar-refractivity contribution in [2.75, 3.05) is 6.67 Å². The molecule has 0 spiro atoms. The molecule has 1 saturated carbocycles. The lowest BCUT2D eigenvalue weighted by molar-refractivity contribution is -0.116. The summed E-state index contributed by atoms with van der Waals surface area (Å²) in [7, 11) is 0. The second kappa shape index (κ2) is 12.7. The zero-order valence-electron chi connectivity index (χ0n) is 21.8. The molecule has 0 radical (unpaired) electrons. The van der Waals surface area contributed by atoms with E-state index in [9.17, 15) is 14.3 Å². The quantitative estimate of drug-likeness (QED) is 0.267. The molecule has 1 fully saturated rings. The Labute approximate surface area is 219 Å². The fraction of sp³-hybridized carbons (Fsp3) is 0.438. The average Bonchev–Trinajstić information content (AvgIpc) is 3.13. The van der Waals surface area contributed by atoms with Crippen molar-refractivity contribution in [2.45, 2.75) is 77.2 Å². The lowest BCUT2D eigenvalue weighted by atomic mass is 9.92. The van der Waals surface area contributed by atoms with E-state index in [-0.39, 0.29) is 23.9 Å². The maximum Gasteiger partial charge on any atom is 0.164 e. The Bertz CT molecular complexity index is 1300. The van der Waals surface area contributed by atoms with Gasteiger partial charge >= 0.3 is 0 Å². The predicted octanol–water partition coefficient (Wildman–Crippen LogP) is 7.87. The van der Waals surface area contributed by atoms with Crippen LogP contribution in [0, 0.1) is 17.8 Å². The normalized spacial score (nSPS) is 20.3. The van der Waals surface area contributed by atoms with Crippen molar-refractivity contribution in [3.8, 4) is 17.6 Å². The highest BCUT2D eigenvalue weighted by atomic mass is 19.1. The highest BCUT2D eigenvalue weighted by molar-refractivity contribution is 6.14. The summed E-state index contributed by atoms with van der Waals surface area (Å²) in [4.78, 5) is 17.9. The second-order valence-corrected chi connectivity index (χ2v) is 10.0. The summed E-state index contributed by atoms with van der Waals surface area (Å²) in [5.41, 5.74) is 4.21. The summed E-state index contributed by atoms with van der Waals surface area (Å²) in [6, 6.07) is 5.81. The van der Waals surface area contributed by atoms with E-state index >= 15 is 0 Å². The number of carbonyl (C=O) groups is 1. The molecule has 1 unspecified atom stereocenters. The Morgan fingerprint density at radius 2 is 2.14 bits per heavy atom. The van der Waals surface area contributed by atoms with E-state index in [0.717, 1.165) is 60.0 Å². The molecular weight excluding hydrogens is 463 g/mol. The number of benzene rings is 1. The Hall–Kier alpha value is -3.39. The summed E-state index contributed by atoms with van der Waals surface area (Å²) >= 11 is 0. The number of unbranched alkanes of at least 4 members (excludes halogenated alkanes) is 1. The molecule has 1 atom stereocenters. The molecular formula is C32H37FN2O2. The van der Waals surface area contributed by atoms with Gasteiger partial charge in [-0.2, -0.15) is 0 Å². The van der Waals surface area contributed by atoms with Crippen molar-refractivity contribution in [2.24, 2.45) is 10.9 Å². The van der Waals surface area contributed by atoms with Gasteiger partial charge in [-0.1, -0.05) is 37.0 Å². The van der Waals surface area contributed by atoms with Crippen LogP contribution in [0.15, 0.2) is 53.6 Å². The molecule has 1 aliphatic carbocycles. The van der Waals surface area contributed by atoms with E-state index in [1.165, 1.54) is 6.42 Å². The van der Waals surface area contributed by atoms with Crippen molar-refractivity contribution in [3.05, 3.63) is 59.8 Å². The first-order chi connectivity index (χ1) is 18.1. The molecule has 194 valence electrons. The molecule has 1 aromatic carbocycles. The van der Waals surface area contributed by atoms with Gasteiger partial charge in [0.1, 0.15) is 5.75 Å². The Morgan fingerprint density at radius 1 is 1.32 bits per heavy atom. The molecule has 4 rings (SSSR count). The van der Waals surface area contributed by atoms with E-state index in [1.54, 1.807) is 18.4 Å². The number of aromatic hydroxyl groups is 1. The summed E-state index contributed by atoms with van der Waals surface area (Å²) in [6.45, 7) is 5.31. The number of phenolic OH excluding ortho intramolecular Hbond substituents is 1. The molecule has 2 heterocycles. The lowest BCUT2D eigenvalue weighted by Crippen LogP contribution is -2.19. The maximum atomic E-state index is 13.5. The molecule has 5 heteroatoms. The first kappa shape index (κ1) is 26.7. The fourth-order valence-electron chi connectivity index (χ4n) is 4.99. The number of halogens is 1. The largest absolute Gasteiger partial charge is 0.508 e. The minimum Gasteiger partial charge on any atom is -0.508 e. The third kappa shape index (κ3) is 6.13. The van der Waals surface area contributed by atoms with Crippen LogP contribution in [0.3, 0.4) is 0 Å². The molecule has 4 nitrogen and oxygen atoms in total. The monoisotopic (exact) mass is 500 g/mol. The first-order valence-corrected chi connectivity index (χ1v) is 13.6. The van der Waals surface area contributed by atoms with Gasteiger partial charge in [0.2, 0.25) is 0 Å². The van der Waals surface area contributed by atoms with E-state index in [2.05, 4.69) is 36.0 Å². The number of aliphatic imine (C=N–C) groups is 1. The molecule has 1 aliphatic heterocycles. The van der Waals surface area contributed by atoms with Gasteiger partial charge in [-0.05, 0) is 69.4 Å². The van der Waals surface area contributed by atoms with Crippen LogP contribution in [0.25, 0.3) is 16.6 Å². The van der Waals surface area contributed by atoms with Crippen LogP contribution in [0.1, 0.15) is 88.4 Å². The topological polar surface area (TPSA) is 54.6 Å². The van der Waals surface area contributed by atoms with Crippen LogP contribution in [0.2, 0.25) is 0 Å². The zero-order valence-corrected chi connectivity index (χ0v) is 21.8. The second-order valence-electron chi connectivity index (χ2n) is 10.0. The summed E-state index contributed by atoms with van der Waals surface area (Å²) in [5, 5.41) is 11.3. The van der Waals surface area contributed by atoms with Gasteiger partial charge in [-0.15, -0.1) is 6.58 Å². The van der Waals surface area contributed by atoms with Gasteiger partial charge in [0.25, 0.3) is 0 Å². The molecule has 1 aromatic heterocycles.